The molecule has 1 unspecified atom stereocenters. The highest BCUT2D eigenvalue weighted by Crippen LogP contribution is 2.30. The highest BCUT2D eigenvalue weighted by molar-refractivity contribution is 7.98. The average Bonchev–Trinajstić information content (AvgIpc) is 3.23. The molecule has 2 aromatic heterocycles. The van der Waals surface area contributed by atoms with Gasteiger partial charge in [-0.2, -0.15) is 13.2 Å². The van der Waals surface area contributed by atoms with Crippen molar-refractivity contribution in [2.45, 2.75) is 23.9 Å². The number of nitrogens with zero attached hydrogens (tertiary/aromatic N) is 1. The van der Waals surface area contributed by atoms with Crippen LogP contribution in [0.5, 0.6) is 0 Å². The Hall–Kier alpha value is -3.27. The van der Waals surface area contributed by atoms with Gasteiger partial charge in [-0.1, -0.05) is 19.1 Å². The fourth-order valence-electron chi connectivity index (χ4n) is 3.16. The molecule has 1 aliphatic rings. The minimum absolute atomic E-state index is 0.00228. The number of carbonyl (C=O) groups is 2. The van der Waals surface area contributed by atoms with Crippen molar-refractivity contribution >= 4 is 23.6 Å². The lowest BCUT2D eigenvalue weighted by molar-refractivity contribution is -0.192. The summed E-state index contributed by atoms with van der Waals surface area (Å²) in [5, 5.41) is 10.1. The number of nitrogens with one attached hydrogen (secondary N) is 2. The first-order valence-corrected chi connectivity index (χ1v) is 10.7. The van der Waals surface area contributed by atoms with E-state index in [0.717, 1.165) is 33.8 Å². The zero-order valence-electron chi connectivity index (χ0n) is 17.2. The van der Waals surface area contributed by atoms with Crippen LogP contribution in [0.3, 0.4) is 0 Å². The lowest BCUT2D eigenvalue weighted by atomic mass is 9.99. The summed E-state index contributed by atoms with van der Waals surface area (Å²) in [7, 11) is 0. The van der Waals surface area contributed by atoms with Gasteiger partial charge in [0.25, 0.3) is 5.91 Å². The second-order valence-electron chi connectivity index (χ2n) is 7.08. The minimum atomic E-state index is -5.08. The molecule has 1 amide bonds. The van der Waals surface area contributed by atoms with Crippen LogP contribution in [0, 0.1) is 0 Å². The smallest absolute Gasteiger partial charge is 0.475 e. The first-order valence-electron chi connectivity index (χ1n) is 9.52. The molecule has 6 nitrogen and oxygen atoms in total. The molecule has 3 heterocycles. The topological polar surface area (TPSA) is 95.1 Å². The van der Waals surface area contributed by atoms with Crippen LogP contribution in [0.15, 0.2) is 53.6 Å². The molecule has 168 valence electrons. The van der Waals surface area contributed by atoms with Gasteiger partial charge in [0.2, 0.25) is 0 Å². The number of pyridine rings is 1. The molecule has 3 aromatic rings. The van der Waals surface area contributed by atoms with Crippen molar-refractivity contribution in [3.63, 3.8) is 0 Å². The quantitative estimate of drug-likeness (QED) is 0.478. The maximum Gasteiger partial charge on any atom is 0.490 e. The molecule has 0 saturated carbocycles. The van der Waals surface area contributed by atoms with Gasteiger partial charge in [0.15, 0.2) is 0 Å². The van der Waals surface area contributed by atoms with E-state index in [1.807, 2.05) is 18.3 Å². The number of amides is 1. The van der Waals surface area contributed by atoms with E-state index in [4.69, 9.17) is 9.90 Å². The fraction of sp³-hybridized carbons (Fsp3) is 0.227. The predicted octanol–water partition coefficient (Wildman–Crippen LogP) is 4.95. The number of carboxylic acid groups (broad SMARTS) is 1. The van der Waals surface area contributed by atoms with Gasteiger partial charge in [0.1, 0.15) is 0 Å². The first kappa shape index (κ1) is 23.4. The Morgan fingerprint density at radius 1 is 1.16 bits per heavy atom. The highest BCUT2D eigenvalue weighted by atomic mass is 32.2. The molecule has 0 aliphatic carbocycles. The molecule has 3 N–H and O–H groups in total. The van der Waals surface area contributed by atoms with Crippen molar-refractivity contribution in [2.24, 2.45) is 0 Å². The summed E-state index contributed by atoms with van der Waals surface area (Å²) in [4.78, 5) is 30.1. The number of thioether (sulfide) groups is 1. The zero-order chi connectivity index (χ0) is 23.5. The third-order valence-corrected chi connectivity index (χ3v) is 5.60. The Morgan fingerprint density at radius 3 is 2.38 bits per heavy atom. The van der Waals surface area contributed by atoms with Crippen molar-refractivity contribution in [2.75, 3.05) is 12.8 Å². The van der Waals surface area contributed by atoms with E-state index in [1.54, 1.807) is 11.8 Å². The Morgan fingerprint density at radius 2 is 1.81 bits per heavy atom. The summed E-state index contributed by atoms with van der Waals surface area (Å²) >= 11 is 1.73. The van der Waals surface area contributed by atoms with Crippen LogP contribution < -0.4 is 5.32 Å². The third-order valence-electron chi connectivity index (χ3n) is 4.85. The van der Waals surface area contributed by atoms with E-state index >= 15 is 0 Å². The Labute approximate surface area is 186 Å². The minimum Gasteiger partial charge on any atom is -0.475 e. The van der Waals surface area contributed by atoms with E-state index in [1.165, 1.54) is 4.90 Å². The maximum atomic E-state index is 12.1. The summed E-state index contributed by atoms with van der Waals surface area (Å²) < 4.78 is 31.7. The number of carbonyl (C=O) groups excluding carboxylic acids is 1. The molecule has 0 spiro atoms. The second-order valence-corrected chi connectivity index (χ2v) is 7.96. The van der Waals surface area contributed by atoms with Gasteiger partial charge < -0.3 is 15.4 Å². The van der Waals surface area contributed by atoms with Crippen LogP contribution in [-0.2, 0) is 4.79 Å². The van der Waals surface area contributed by atoms with Crippen molar-refractivity contribution in [3.05, 3.63) is 59.9 Å². The van der Waals surface area contributed by atoms with E-state index in [0.29, 0.717) is 12.5 Å². The van der Waals surface area contributed by atoms with Crippen LogP contribution in [0.1, 0.15) is 28.9 Å². The van der Waals surface area contributed by atoms with Crippen molar-refractivity contribution in [1.82, 2.24) is 15.3 Å². The maximum absolute atomic E-state index is 12.1. The average molecular weight is 463 g/mol. The molecular formula is C22H20F3N3O3S. The Balaban J connectivity index is 0.000000360. The standard InChI is InChI=1S/C20H19N3OS.C2HF3O2/c1-12-11-22-20(24)16-10-18(23-19(12)16)14-7-8-21-17(9-14)13-3-5-15(25-2)6-4-13;3-2(4,5)1(6)7/h3-10,12,23H,11H2,1-2H3,(H,22,24);(H,6,7). The first-order chi connectivity index (χ1) is 15.1. The molecule has 4 rings (SSSR count). The number of aromatic amines is 1. The number of alkyl halides is 3. The zero-order valence-corrected chi connectivity index (χ0v) is 18.0. The summed E-state index contributed by atoms with van der Waals surface area (Å²) in [6, 6.07) is 14.4. The highest BCUT2D eigenvalue weighted by Gasteiger charge is 2.38. The number of carboxylic acids is 1. The molecule has 0 bridgehead atoms. The predicted molar refractivity (Wildman–Crippen MR) is 116 cm³/mol. The van der Waals surface area contributed by atoms with Crippen molar-refractivity contribution in [3.8, 4) is 22.5 Å². The number of aromatic nitrogens is 2. The van der Waals surface area contributed by atoms with E-state index < -0.39 is 12.1 Å². The van der Waals surface area contributed by atoms with Crippen LogP contribution in [0.25, 0.3) is 22.5 Å². The summed E-state index contributed by atoms with van der Waals surface area (Å²) in [5.41, 5.74) is 5.77. The number of H-pyrrole nitrogens is 1. The lowest BCUT2D eigenvalue weighted by Gasteiger charge is -2.18. The Kier molecular flexibility index (Phi) is 6.93. The summed E-state index contributed by atoms with van der Waals surface area (Å²) in [6.07, 6.45) is -1.20. The summed E-state index contributed by atoms with van der Waals surface area (Å²) in [6.45, 7) is 2.79. The SMILES string of the molecule is CSc1ccc(-c2cc(-c3cc4c([nH]3)C(C)CNC4=O)ccn2)cc1.O=C(O)C(F)(F)F. The number of fused-ring (bicyclic) bond motifs is 1. The molecule has 32 heavy (non-hydrogen) atoms. The molecule has 1 aliphatic heterocycles. The lowest BCUT2D eigenvalue weighted by Crippen LogP contribution is -2.33. The Bertz CT molecular complexity index is 1130. The summed E-state index contributed by atoms with van der Waals surface area (Å²) in [5.74, 6) is -2.47. The van der Waals surface area contributed by atoms with Gasteiger partial charge in [-0.3, -0.25) is 9.78 Å². The van der Waals surface area contributed by atoms with Crippen LogP contribution in [-0.4, -0.2) is 45.9 Å². The monoisotopic (exact) mass is 463 g/mol. The third kappa shape index (κ3) is 5.31. The molecule has 0 fully saturated rings. The molecule has 0 saturated heterocycles. The van der Waals surface area contributed by atoms with Crippen molar-refractivity contribution < 1.29 is 27.9 Å². The number of rotatable bonds is 3. The number of halogens is 3. The molecular weight excluding hydrogens is 443 g/mol. The van der Waals surface area contributed by atoms with Gasteiger partial charge in [-0.25, -0.2) is 4.79 Å². The number of aliphatic carboxylic acids is 1. The number of hydrogen-bond acceptors (Lipinski definition) is 4. The number of hydrogen-bond donors (Lipinski definition) is 3. The van der Waals surface area contributed by atoms with Gasteiger partial charge in [-0.05, 0) is 36.6 Å². The van der Waals surface area contributed by atoms with Crippen LogP contribution in [0.2, 0.25) is 0 Å². The van der Waals surface area contributed by atoms with E-state index in [-0.39, 0.29) is 5.91 Å². The number of benzene rings is 1. The molecule has 1 aromatic carbocycles. The van der Waals surface area contributed by atoms with Crippen LogP contribution in [0.4, 0.5) is 13.2 Å². The van der Waals surface area contributed by atoms with Gasteiger partial charge in [-0.15, -0.1) is 11.8 Å². The van der Waals surface area contributed by atoms with Gasteiger partial charge in [0, 0.05) is 46.1 Å². The van der Waals surface area contributed by atoms with Gasteiger partial charge >= 0.3 is 12.1 Å². The van der Waals surface area contributed by atoms with E-state index in [2.05, 4.69) is 58.8 Å². The molecule has 1 atom stereocenters. The van der Waals surface area contributed by atoms with Crippen LogP contribution >= 0.6 is 11.8 Å². The van der Waals surface area contributed by atoms with Crippen molar-refractivity contribution in [1.29, 1.82) is 0 Å². The molecule has 0 radical (unpaired) electrons. The van der Waals surface area contributed by atoms with E-state index in [9.17, 15) is 18.0 Å². The largest absolute Gasteiger partial charge is 0.490 e. The van der Waals surface area contributed by atoms with Gasteiger partial charge in [0.05, 0.1) is 11.3 Å². The second kappa shape index (κ2) is 9.47. The fourth-order valence-corrected chi connectivity index (χ4v) is 3.57. The molecule has 10 heteroatoms. The normalized spacial score (nSPS) is 15.3.